The van der Waals surface area contributed by atoms with Crippen LogP contribution in [0.3, 0.4) is 0 Å². The van der Waals surface area contributed by atoms with Gasteiger partial charge < -0.3 is 9.15 Å². The largest absolute Gasteiger partial charge is 0.469 e. The lowest BCUT2D eigenvalue weighted by molar-refractivity contribution is -0.136. The van der Waals surface area contributed by atoms with Crippen molar-refractivity contribution in [1.29, 1.82) is 0 Å². The number of ether oxygens (including phenoxy) is 1. The van der Waals surface area contributed by atoms with E-state index in [0.29, 0.717) is 5.88 Å². The number of nitrogens with zero attached hydrogens (tertiary/aromatic N) is 2. The Labute approximate surface area is 146 Å². The highest BCUT2D eigenvalue weighted by atomic mass is 16.5. The van der Waals surface area contributed by atoms with Gasteiger partial charge in [0.2, 0.25) is 5.88 Å². The maximum Gasteiger partial charge on any atom is 0.313 e. The van der Waals surface area contributed by atoms with Crippen LogP contribution in [0.2, 0.25) is 0 Å². The van der Waals surface area contributed by atoms with Crippen molar-refractivity contribution in [2.45, 2.75) is 38.6 Å². The molecular weight excluding hydrogens is 316 g/mol. The van der Waals surface area contributed by atoms with Gasteiger partial charge in [0.15, 0.2) is 0 Å². The van der Waals surface area contributed by atoms with E-state index in [9.17, 15) is 4.79 Å². The quantitative estimate of drug-likeness (QED) is 0.653. The first-order chi connectivity index (χ1) is 11.9. The number of carbonyl (C=O) groups is 1. The van der Waals surface area contributed by atoms with Crippen LogP contribution in [0.1, 0.15) is 44.4 Å². The maximum absolute atomic E-state index is 12.3. The number of hydrogen-bond donors (Lipinski definition) is 0. The fourth-order valence-corrected chi connectivity index (χ4v) is 3.24. The molecule has 1 aromatic carbocycles. The van der Waals surface area contributed by atoms with Crippen LogP contribution in [0.4, 0.5) is 0 Å². The van der Waals surface area contributed by atoms with Crippen LogP contribution in [0.25, 0.3) is 11.3 Å². The van der Waals surface area contributed by atoms with Gasteiger partial charge in [-0.15, -0.1) is 0 Å². The predicted octanol–water partition coefficient (Wildman–Crippen LogP) is 4.34. The van der Waals surface area contributed by atoms with Crippen molar-refractivity contribution in [3.05, 3.63) is 60.1 Å². The van der Waals surface area contributed by atoms with E-state index in [1.165, 1.54) is 0 Å². The summed E-state index contributed by atoms with van der Waals surface area (Å²) in [5.74, 6) is 0.809. The minimum atomic E-state index is -0.317. The van der Waals surface area contributed by atoms with Gasteiger partial charge in [0.1, 0.15) is 11.5 Å². The van der Waals surface area contributed by atoms with Crippen molar-refractivity contribution in [1.82, 2.24) is 9.78 Å². The molecule has 0 N–H and O–H groups in total. The zero-order chi connectivity index (χ0) is 17.6. The molecule has 2 aromatic heterocycles. The van der Waals surface area contributed by atoms with Crippen molar-refractivity contribution in [3.63, 3.8) is 0 Å². The molecule has 5 heteroatoms. The monoisotopic (exact) mass is 336 g/mol. The van der Waals surface area contributed by atoms with Crippen LogP contribution in [0.15, 0.2) is 53.1 Å². The van der Waals surface area contributed by atoms with E-state index < -0.39 is 0 Å². The summed E-state index contributed by atoms with van der Waals surface area (Å²) in [6, 6.07) is 13.7. The molecule has 0 radical (unpaired) electrons. The van der Waals surface area contributed by atoms with Gasteiger partial charge in [0.25, 0.3) is 0 Å². The summed E-state index contributed by atoms with van der Waals surface area (Å²) in [5, 5.41) is 4.83. The number of furan rings is 1. The Bertz CT molecular complexity index is 903. The highest BCUT2D eigenvalue weighted by Gasteiger charge is 2.39. The maximum atomic E-state index is 12.3. The highest BCUT2D eigenvalue weighted by molar-refractivity contribution is 5.80. The van der Waals surface area contributed by atoms with E-state index in [1.54, 1.807) is 10.9 Å². The third-order valence-corrected chi connectivity index (χ3v) is 4.38. The van der Waals surface area contributed by atoms with Crippen molar-refractivity contribution >= 4 is 5.97 Å². The number of rotatable bonds is 2. The first-order valence-corrected chi connectivity index (χ1v) is 8.38. The van der Waals surface area contributed by atoms with Crippen molar-refractivity contribution < 1.29 is 13.9 Å². The van der Waals surface area contributed by atoms with Crippen molar-refractivity contribution in [2.24, 2.45) is 0 Å². The van der Waals surface area contributed by atoms with Crippen LogP contribution in [-0.2, 0) is 10.3 Å². The van der Waals surface area contributed by atoms with Crippen LogP contribution >= 0.6 is 0 Å². The van der Waals surface area contributed by atoms with Gasteiger partial charge in [0.05, 0.1) is 29.7 Å². The number of carbonyl (C=O) groups excluding carboxylic acids is 1. The Kier molecular flexibility index (Phi) is 3.53. The highest BCUT2D eigenvalue weighted by Crippen LogP contribution is 2.45. The Hall–Kier alpha value is -2.82. The minimum Gasteiger partial charge on any atom is -0.469 e. The molecule has 0 saturated carbocycles. The van der Waals surface area contributed by atoms with Crippen molar-refractivity contribution in [3.8, 4) is 17.1 Å². The number of esters is 1. The van der Waals surface area contributed by atoms with Gasteiger partial charge in [-0.05, 0) is 32.9 Å². The lowest BCUT2D eigenvalue weighted by Crippen LogP contribution is -2.28. The summed E-state index contributed by atoms with van der Waals surface area (Å²) < 4.78 is 13.1. The summed E-state index contributed by atoms with van der Waals surface area (Å²) in [7, 11) is 0. The number of hydrogen-bond acceptors (Lipinski definition) is 4. The van der Waals surface area contributed by atoms with Gasteiger partial charge in [-0.3, -0.25) is 4.79 Å². The molecule has 0 spiro atoms. The lowest BCUT2D eigenvalue weighted by atomic mass is 9.89. The minimum absolute atomic E-state index is 0.197. The molecule has 25 heavy (non-hydrogen) atoms. The Morgan fingerprint density at radius 2 is 1.88 bits per heavy atom. The van der Waals surface area contributed by atoms with Crippen LogP contribution in [0, 0.1) is 0 Å². The topological polar surface area (TPSA) is 57.3 Å². The van der Waals surface area contributed by atoms with E-state index in [1.807, 2.05) is 63.2 Å². The average molecular weight is 336 g/mol. The summed E-state index contributed by atoms with van der Waals surface area (Å²) in [5.41, 5.74) is 2.42. The molecule has 1 aliphatic heterocycles. The average Bonchev–Trinajstić information content (AvgIpc) is 3.22. The molecule has 1 aliphatic rings. The van der Waals surface area contributed by atoms with E-state index in [0.717, 1.165) is 22.6 Å². The molecule has 4 rings (SSSR count). The number of aromatic nitrogens is 2. The van der Waals surface area contributed by atoms with Gasteiger partial charge >= 0.3 is 5.97 Å². The molecule has 0 amide bonds. The van der Waals surface area contributed by atoms with Crippen LogP contribution < -0.4 is 4.74 Å². The van der Waals surface area contributed by atoms with E-state index >= 15 is 0 Å². The SMILES string of the molecule is CC(C)(C)n1nc(-c2ccccc2)c2c1OC(=O)C[C@H]2c1ccco1. The number of fused-ring (bicyclic) bond motifs is 1. The van der Waals surface area contributed by atoms with Gasteiger partial charge in [0, 0.05) is 5.56 Å². The first kappa shape index (κ1) is 15.7. The van der Waals surface area contributed by atoms with Crippen LogP contribution in [0.5, 0.6) is 5.88 Å². The normalized spacial score (nSPS) is 17.2. The van der Waals surface area contributed by atoms with Gasteiger partial charge in [-0.1, -0.05) is 30.3 Å². The molecule has 1 atom stereocenters. The second-order valence-electron chi connectivity index (χ2n) is 7.26. The van der Waals surface area contributed by atoms with Gasteiger partial charge in [-0.25, -0.2) is 4.68 Å². The summed E-state index contributed by atoms with van der Waals surface area (Å²) in [4.78, 5) is 12.3. The zero-order valence-corrected chi connectivity index (χ0v) is 14.5. The van der Waals surface area contributed by atoms with E-state index in [-0.39, 0.29) is 23.8 Å². The molecule has 3 heterocycles. The molecule has 0 unspecified atom stereocenters. The third kappa shape index (κ3) is 2.65. The Morgan fingerprint density at radius 1 is 1.12 bits per heavy atom. The molecular formula is C20H20N2O3. The second kappa shape index (κ2) is 5.62. The summed E-state index contributed by atoms with van der Waals surface area (Å²) >= 11 is 0. The van der Waals surface area contributed by atoms with Crippen LogP contribution in [-0.4, -0.2) is 15.7 Å². The van der Waals surface area contributed by atoms with E-state index in [4.69, 9.17) is 14.3 Å². The van der Waals surface area contributed by atoms with E-state index in [2.05, 4.69) is 0 Å². The number of benzene rings is 1. The lowest BCUT2D eigenvalue weighted by Gasteiger charge is -2.25. The standard InChI is InChI=1S/C20H20N2O3/c1-20(2,3)22-19-17(18(21-22)13-8-5-4-6-9-13)14(12-16(23)25-19)15-10-7-11-24-15/h4-11,14H,12H2,1-3H3/t14-/m0/s1. The Morgan fingerprint density at radius 3 is 2.52 bits per heavy atom. The summed E-state index contributed by atoms with van der Waals surface area (Å²) in [6.07, 6.45) is 1.88. The molecule has 3 aromatic rings. The first-order valence-electron chi connectivity index (χ1n) is 8.38. The zero-order valence-electron chi connectivity index (χ0n) is 14.5. The predicted molar refractivity (Wildman–Crippen MR) is 93.5 cm³/mol. The summed E-state index contributed by atoms with van der Waals surface area (Å²) in [6.45, 7) is 6.12. The Balaban J connectivity index is 1.99. The second-order valence-corrected chi connectivity index (χ2v) is 7.26. The van der Waals surface area contributed by atoms with Crippen molar-refractivity contribution in [2.75, 3.05) is 0 Å². The van der Waals surface area contributed by atoms with Gasteiger partial charge in [-0.2, -0.15) is 5.10 Å². The molecule has 5 nitrogen and oxygen atoms in total. The molecule has 0 aliphatic carbocycles. The molecule has 0 saturated heterocycles. The fraction of sp³-hybridized carbons (Fsp3) is 0.300. The third-order valence-electron chi connectivity index (χ3n) is 4.38. The molecule has 128 valence electrons. The smallest absolute Gasteiger partial charge is 0.313 e. The fourth-order valence-electron chi connectivity index (χ4n) is 3.24. The molecule has 0 bridgehead atoms. The molecule has 0 fully saturated rings.